The molecule has 0 unspecified atom stereocenters. The molecule has 0 bridgehead atoms. The highest BCUT2D eigenvalue weighted by atomic mass is 16.6. The van der Waals surface area contributed by atoms with Crippen LogP contribution in [0, 0.1) is 0 Å². The molecular weight excluding hydrogens is 352 g/mol. The summed E-state index contributed by atoms with van der Waals surface area (Å²) in [4.78, 5) is 33.7. The quantitative estimate of drug-likeness (QED) is 0.682. The number of carbonyl (C=O) groups is 3. The molecule has 0 spiro atoms. The third-order valence-corrected chi connectivity index (χ3v) is 3.35. The number of nitrogens with one attached hydrogen (secondary N) is 1. The Balaban J connectivity index is 1.75. The van der Waals surface area contributed by atoms with Gasteiger partial charge in [0.25, 0.3) is 5.91 Å². The van der Waals surface area contributed by atoms with Crippen LogP contribution in [0.4, 0.5) is 4.79 Å². The molecule has 27 heavy (non-hydrogen) atoms. The highest BCUT2D eigenvalue weighted by Crippen LogP contribution is 2.18. The van der Waals surface area contributed by atoms with Crippen LogP contribution in [0.3, 0.4) is 0 Å². The van der Waals surface area contributed by atoms with Gasteiger partial charge in [0, 0.05) is 0 Å². The number of primary amides is 1. The van der Waals surface area contributed by atoms with E-state index >= 15 is 0 Å². The van der Waals surface area contributed by atoms with E-state index in [1.165, 1.54) is 6.92 Å². The summed E-state index contributed by atoms with van der Waals surface area (Å²) in [6, 6.07) is 15.5. The normalized spacial score (nSPS) is 11.1. The smallest absolute Gasteiger partial charge is 0.344 e. The number of ether oxygens (including phenoxy) is 3. The summed E-state index contributed by atoms with van der Waals surface area (Å²) in [6.07, 6.45) is -1.16. The first-order valence-electron chi connectivity index (χ1n) is 8.13. The molecule has 3 amide bonds. The van der Waals surface area contributed by atoms with Crippen molar-refractivity contribution in [2.45, 2.75) is 19.6 Å². The Bertz CT molecular complexity index is 777. The molecule has 1 atom stereocenters. The summed E-state index contributed by atoms with van der Waals surface area (Å²) in [5, 5.41) is 1.82. The van der Waals surface area contributed by atoms with E-state index in [1.54, 1.807) is 24.3 Å². The second-order valence-corrected chi connectivity index (χ2v) is 5.52. The lowest BCUT2D eigenvalue weighted by Crippen LogP contribution is -2.42. The summed E-state index contributed by atoms with van der Waals surface area (Å²) < 4.78 is 15.8. The second kappa shape index (κ2) is 9.81. The number of hydrogen-bond acceptors (Lipinski definition) is 6. The van der Waals surface area contributed by atoms with Gasteiger partial charge in [0.05, 0.1) is 0 Å². The van der Waals surface area contributed by atoms with Gasteiger partial charge >= 0.3 is 12.0 Å². The van der Waals surface area contributed by atoms with Gasteiger partial charge in [0.2, 0.25) is 0 Å². The van der Waals surface area contributed by atoms with Gasteiger partial charge in [0.15, 0.2) is 12.7 Å². The lowest BCUT2D eigenvalue weighted by molar-refractivity contribution is -0.156. The minimum atomic E-state index is -1.16. The number of nitrogens with two attached hydrogens (primary N) is 1. The topological polar surface area (TPSA) is 117 Å². The van der Waals surface area contributed by atoms with E-state index in [-0.39, 0.29) is 0 Å². The molecule has 2 aromatic carbocycles. The number of hydrogen-bond donors (Lipinski definition) is 2. The Morgan fingerprint density at radius 2 is 1.56 bits per heavy atom. The van der Waals surface area contributed by atoms with E-state index in [0.717, 1.165) is 5.56 Å². The maximum Gasteiger partial charge on any atom is 0.344 e. The van der Waals surface area contributed by atoms with Crippen molar-refractivity contribution in [3.63, 3.8) is 0 Å². The van der Waals surface area contributed by atoms with Gasteiger partial charge in [-0.25, -0.2) is 9.59 Å². The van der Waals surface area contributed by atoms with Crippen molar-refractivity contribution in [2.24, 2.45) is 5.73 Å². The van der Waals surface area contributed by atoms with Gasteiger partial charge < -0.3 is 19.9 Å². The number of benzene rings is 2. The predicted molar refractivity (Wildman–Crippen MR) is 96.0 cm³/mol. The fourth-order valence-corrected chi connectivity index (χ4v) is 2.02. The Morgan fingerprint density at radius 3 is 2.15 bits per heavy atom. The monoisotopic (exact) mass is 372 g/mol. The molecule has 0 aliphatic rings. The summed E-state index contributed by atoms with van der Waals surface area (Å²) in [7, 11) is 0. The first-order chi connectivity index (χ1) is 12.9. The average molecular weight is 372 g/mol. The minimum Gasteiger partial charge on any atom is -0.489 e. The predicted octanol–water partition coefficient (Wildman–Crippen LogP) is 1.77. The first-order valence-corrected chi connectivity index (χ1v) is 8.13. The Morgan fingerprint density at radius 1 is 0.963 bits per heavy atom. The van der Waals surface area contributed by atoms with Crippen LogP contribution in [-0.4, -0.2) is 30.6 Å². The third-order valence-electron chi connectivity index (χ3n) is 3.35. The molecule has 0 aliphatic carbocycles. The van der Waals surface area contributed by atoms with Gasteiger partial charge in [-0.2, -0.15) is 0 Å². The van der Waals surface area contributed by atoms with E-state index in [9.17, 15) is 14.4 Å². The minimum absolute atomic E-state index is 0.390. The first kappa shape index (κ1) is 19.8. The van der Waals surface area contributed by atoms with Crippen LogP contribution in [0.1, 0.15) is 12.5 Å². The molecule has 8 nitrogen and oxygen atoms in total. The molecule has 0 saturated heterocycles. The standard InChI is InChI=1S/C19H20N2O6/c1-13(18(23)21-19(20)24)27-17(22)12-26-16-9-7-15(8-10-16)25-11-14-5-3-2-4-6-14/h2-10,13H,11-12H2,1H3,(H3,20,21,23,24)/t13-/m0/s1. The lowest BCUT2D eigenvalue weighted by Gasteiger charge is -2.12. The van der Waals surface area contributed by atoms with E-state index in [2.05, 4.69) is 0 Å². The highest BCUT2D eigenvalue weighted by molar-refractivity contribution is 5.96. The molecule has 8 heteroatoms. The van der Waals surface area contributed by atoms with Gasteiger partial charge in [-0.15, -0.1) is 0 Å². The van der Waals surface area contributed by atoms with Crippen LogP contribution < -0.4 is 20.5 Å². The number of imide groups is 1. The summed E-state index contributed by atoms with van der Waals surface area (Å²) >= 11 is 0. The van der Waals surface area contributed by atoms with E-state index in [1.807, 2.05) is 35.6 Å². The number of carbonyl (C=O) groups excluding carboxylic acids is 3. The van der Waals surface area contributed by atoms with Crippen LogP contribution in [-0.2, 0) is 20.9 Å². The zero-order chi connectivity index (χ0) is 19.6. The van der Waals surface area contributed by atoms with E-state index in [4.69, 9.17) is 19.9 Å². The van der Waals surface area contributed by atoms with Crippen LogP contribution in [0.5, 0.6) is 11.5 Å². The van der Waals surface area contributed by atoms with Crippen molar-refractivity contribution in [1.29, 1.82) is 0 Å². The van der Waals surface area contributed by atoms with Crippen molar-refractivity contribution in [1.82, 2.24) is 5.32 Å². The molecule has 2 aromatic rings. The third kappa shape index (κ3) is 7.07. The molecule has 2 rings (SSSR count). The van der Waals surface area contributed by atoms with Gasteiger partial charge in [0.1, 0.15) is 18.1 Å². The van der Waals surface area contributed by atoms with Crippen LogP contribution in [0.15, 0.2) is 54.6 Å². The molecule has 0 heterocycles. The highest BCUT2D eigenvalue weighted by Gasteiger charge is 2.19. The maximum atomic E-state index is 11.7. The summed E-state index contributed by atoms with van der Waals surface area (Å²) in [5.41, 5.74) is 5.87. The maximum absolute atomic E-state index is 11.7. The number of amides is 3. The van der Waals surface area contributed by atoms with Crippen molar-refractivity contribution >= 4 is 17.9 Å². The number of urea groups is 1. The Hall–Kier alpha value is -3.55. The molecule has 142 valence electrons. The average Bonchev–Trinajstić information content (AvgIpc) is 2.66. The van der Waals surface area contributed by atoms with Crippen molar-refractivity contribution < 1.29 is 28.6 Å². The van der Waals surface area contributed by atoms with Crippen molar-refractivity contribution in [3.8, 4) is 11.5 Å². The molecule has 0 radical (unpaired) electrons. The number of rotatable bonds is 8. The zero-order valence-electron chi connectivity index (χ0n) is 14.7. The Kier molecular flexibility index (Phi) is 7.18. The molecule has 3 N–H and O–H groups in total. The fraction of sp³-hybridized carbons (Fsp3) is 0.211. The van der Waals surface area contributed by atoms with Crippen LogP contribution in [0.2, 0.25) is 0 Å². The fourth-order valence-electron chi connectivity index (χ4n) is 2.02. The van der Waals surface area contributed by atoms with Crippen molar-refractivity contribution in [2.75, 3.05) is 6.61 Å². The Labute approximate surface area is 156 Å². The summed E-state index contributed by atoms with van der Waals surface area (Å²) in [6.45, 7) is 1.37. The van der Waals surface area contributed by atoms with Crippen LogP contribution >= 0.6 is 0 Å². The lowest BCUT2D eigenvalue weighted by atomic mass is 10.2. The zero-order valence-corrected chi connectivity index (χ0v) is 14.7. The molecule has 0 fully saturated rings. The van der Waals surface area contributed by atoms with Gasteiger partial charge in [-0.3, -0.25) is 10.1 Å². The SMILES string of the molecule is C[C@H](OC(=O)COc1ccc(OCc2ccccc2)cc1)C(=O)NC(N)=O. The molecule has 0 aliphatic heterocycles. The van der Waals surface area contributed by atoms with Crippen LogP contribution in [0.25, 0.3) is 0 Å². The van der Waals surface area contributed by atoms with Gasteiger partial charge in [-0.1, -0.05) is 30.3 Å². The molecule has 0 saturated carbocycles. The van der Waals surface area contributed by atoms with Gasteiger partial charge in [-0.05, 0) is 36.8 Å². The molecular formula is C19H20N2O6. The molecule has 0 aromatic heterocycles. The second-order valence-electron chi connectivity index (χ2n) is 5.52. The van der Waals surface area contributed by atoms with E-state index < -0.39 is 30.6 Å². The largest absolute Gasteiger partial charge is 0.489 e. The van der Waals surface area contributed by atoms with Crippen molar-refractivity contribution in [3.05, 3.63) is 60.2 Å². The number of esters is 1. The van der Waals surface area contributed by atoms with E-state index in [0.29, 0.717) is 18.1 Å². The summed E-state index contributed by atoms with van der Waals surface area (Å²) in [5.74, 6) is -0.471.